The van der Waals surface area contributed by atoms with E-state index in [0.29, 0.717) is 0 Å². The largest absolute Gasteiger partial charge is 0.351 e. The van der Waals surface area contributed by atoms with Crippen LogP contribution in [0.15, 0.2) is 42.3 Å². The van der Waals surface area contributed by atoms with E-state index in [9.17, 15) is 0 Å². The molecule has 1 aliphatic heterocycles. The quantitative estimate of drug-likeness (QED) is 0.523. The number of thiophene rings is 1. The van der Waals surface area contributed by atoms with Crippen LogP contribution in [0.4, 0.5) is 5.82 Å². The van der Waals surface area contributed by atoms with Gasteiger partial charge in [-0.3, -0.25) is 9.97 Å². The molecule has 4 aromatic heterocycles. The lowest BCUT2D eigenvalue weighted by molar-refractivity contribution is 0.705. The Hall–Kier alpha value is -2.86. The number of fused-ring (bicyclic) bond motifs is 2. The van der Waals surface area contributed by atoms with Crippen LogP contribution in [0.25, 0.3) is 21.3 Å². The van der Waals surface area contributed by atoms with Crippen molar-refractivity contribution < 1.29 is 0 Å². The molecule has 0 aromatic carbocycles. The molecular formula is C21H19N5S. The smallest absolute Gasteiger partial charge is 0.150 e. The summed E-state index contributed by atoms with van der Waals surface area (Å²) >= 11 is 1.73. The molecule has 5 rings (SSSR count). The summed E-state index contributed by atoms with van der Waals surface area (Å²) in [5.74, 6) is 1.03. The van der Waals surface area contributed by atoms with Crippen LogP contribution in [-0.4, -0.2) is 26.5 Å². The van der Waals surface area contributed by atoms with E-state index in [0.717, 1.165) is 47.7 Å². The molecule has 0 fully saturated rings. The monoisotopic (exact) mass is 373 g/mol. The predicted octanol–water partition coefficient (Wildman–Crippen LogP) is 4.33. The molecule has 0 spiro atoms. The predicted molar refractivity (Wildman–Crippen MR) is 109 cm³/mol. The number of rotatable bonds is 2. The summed E-state index contributed by atoms with van der Waals surface area (Å²) < 4.78 is 1.17. The Morgan fingerprint density at radius 2 is 1.89 bits per heavy atom. The van der Waals surface area contributed by atoms with E-state index in [1.54, 1.807) is 17.7 Å². The normalized spacial score (nSPS) is 13.8. The molecule has 0 saturated carbocycles. The lowest BCUT2D eigenvalue weighted by atomic mass is 10.0. The van der Waals surface area contributed by atoms with Crippen LogP contribution in [0.5, 0.6) is 0 Å². The molecule has 0 atom stereocenters. The second-order valence-corrected chi connectivity index (χ2v) is 7.86. The maximum atomic E-state index is 4.73. The molecule has 5 heterocycles. The van der Waals surface area contributed by atoms with Gasteiger partial charge < -0.3 is 4.90 Å². The van der Waals surface area contributed by atoms with E-state index in [1.807, 2.05) is 25.4 Å². The molecule has 6 heteroatoms. The topological polar surface area (TPSA) is 54.8 Å². The summed E-state index contributed by atoms with van der Waals surface area (Å²) in [5.41, 5.74) is 7.96. The highest BCUT2D eigenvalue weighted by molar-refractivity contribution is 7.18. The molecule has 0 amide bonds. The molecule has 4 aromatic rings. The lowest BCUT2D eigenvalue weighted by Crippen LogP contribution is -2.31. The van der Waals surface area contributed by atoms with Gasteiger partial charge in [0.25, 0.3) is 0 Å². The molecule has 0 bridgehead atoms. The van der Waals surface area contributed by atoms with Gasteiger partial charge in [-0.05, 0) is 42.5 Å². The van der Waals surface area contributed by atoms with E-state index in [1.165, 1.54) is 21.5 Å². The Labute approximate surface area is 161 Å². The maximum absolute atomic E-state index is 4.73. The maximum Gasteiger partial charge on any atom is 0.150 e. The summed E-state index contributed by atoms with van der Waals surface area (Å²) in [6, 6.07) is 6.39. The number of hydrogen-bond acceptors (Lipinski definition) is 6. The summed E-state index contributed by atoms with van der Waals surface area (Å²) in [7, 11) is 0. The van der Waals surface area contributed by atoms with Gasteiger partial charge in [-0.2, -0.15) is 0 Å². The number of aryl methyl sites for hydroxylation is 2. The van der Waals surface area contributed by atoms with E-state index < -0.39 is 0 Å². The molecule has 27 heavy (non-hydrogen) atoms. The molecule has 5 nitrogen and oxygen atoms in total. The van der Waals surface area contributed by atoms with Crippen molar-refractivity contribution in [2.24, 2.45) is 0 Å². The van der Waals surface area contributed by atoms with Gasteiger partial charge >= 0.3 is 0 Å². The van der Waals surface area contributed by atoms with Crippen molar-refractivity contribution in [2.45, 2.75) is 26.8 Å². The lowest BCUT2D eigenvalue weighted by Gasteiger charge is -2.29. The van der Waals surface area contributed by atoms with E-state index in [4.69, 9.17) is 4.98 Å². The first-order valence-electron chi connectivity index (χ1n) is 9.03. The van der Waals surface area contributed by atoms with Gasteiger partial charge in [-0.25, -0.2) is 9.97 Å². The van der Waals surface area contributed by atoms with Crippen LogP contribution in [-0.2, 0) is 13.0 Å². The third-order valence-electron chi connectivity index (χ3n) is 5.10. The number of aromatic nitrogens is 4. The minimum absolute atomic E-state index is 0.818. The third kappa shape index (κ3) is 2.86. The fourth-order valence-electron chi connectivity index (χ4n) is 3.59. The molecule has 0 N–H and O–H groups in total. The van der Waals surface area contributed by atoms with Crippen molar-refractivity contribution in [1.82, 2.24) is 19.9 Å². The fourth-order valence-corrected chi connectivity index (χ4v) is 4.60. The Morgan fingerprint density at radius 3 is 2.74 bits per heavy atom. The Morgan fingerprint density at radius 1 is 1.00 bits per heavy atom. The van der Waals surface area contributed by atoms with Gasteiger partial charge in [0, 0.05) is 54.4 Å². The fraction of sp³-hybridized carbons (Fsp3) is 0.238. The minimum atomic E-state index is 0.818. The van der Waals surface area contributed by atoms with Crippen LogP contribution in [0.2, 0.25) is 0 Å². The molecule has 1 aliphatic rings. The van der Waals surface area contributed by atoms with E-state index >= 15 is 0 Å². The zero-order valence-corrected chi connectivity index (χ0v) is 16.1. The number of nitrogens with zero attached hydrogens (tertiary/aromatic N) is 5. The van der Waals surface area contributed by atoms with Crippen LogP contribution in [0.3, 0.4) is 0 Å². The van der Waals surface area contributed by atoms with Crippen LogP contribution in [0.1, 0.15) is 22.5 Å². The highest BCUT2D eigenvalue weighted by Crippen LogP contribution is 2.33. The highest BCUT2D eigenvalue weighted by atomic mass is 32.1. The molecule has 0 unspecified atom stereocenters. The Balaban J connectivity index is 1.51. The molecule has 134 valence electrons. The van der Waals surface area contributed by atoms with Crippen LogP contribution >= 0.6 is 11.3 Å². The van der Waals surface area contributed by atoms with Crippen molar-refractivity contribution in [2.75, 3.05) is 11.4 Å². The van der Waals surface area contributed by atoms with Crippen molar-refractivity contribution >= 4 is 27.4 Å². The van der Waals surface area contributed by atoms with Gasteiger partial charge in [0.05, 0.1) is 10.2 Å². The SMILES string of the molecule is Cc1ccc(-c2cnc3c(c2)CN(c2ncnc4c(C)csc24)CC3)cn1. The zero-order chi connectivity index (χ0) is 18.4. The van der Waals surface area contributed by atoms with E-state index in [2.05, 4.69) is 44.3 Å². The number of anilines is 1. The summed E-state index contributed by atoms with van der Waals surface area (Å²) in [5, 5.41) is 2.16. The van der Waals surface area contributed by atoms with Crippen molar-refractivity contribution in [1.29, 1.82) is 0 Å². The zero-order valence-electron chi connectivity index (χ0n) is 15.3. The average molecular weight is 373 g/mol. The van der Waals surface area contributed by atoms with Crippen LogP contribution < -0.4 is 4.90 Å². The highest BCUT2D eigenvalue weighted by Gasteiger charge is 2.22. The number of pyridine rings is 2. The molecule has 0 radical (unpaired) electrons. The van der Waals surface area contributed by atoms with Gasteiger partial charge in [-0.15, -0.1) is 11.3 Å². The summed E-state index contributed by atoms with van der Waals surface area (Å²) in [6.07, 6.45) is 6.49. The first kappa shape index (κ1) is 16.3. The first-order valence-corrected chi connectivity index (χ1v) is 9.91. The van der Waals surface area contributed by atoms with Crippen molar-refractivity contribution in [3.63, 3.8) is 0 Å². The van der Waals surface area contributed by atoms with Crippen LogP contribution in [0, 0.1) is 13.8 Å². The number of hydrogen-bond donors (Lipinski definition) is 0. The van der Waals surface area contributed by atoms with E-state index in [-0.39, 0.29) is 0 Å². The second-order valence-electron chi connectivity index (χ2n) is 6.98. The molecular weight excluding hydrogens is 354 g/mol. The van der Waals surface area contributed by atoms with Gasteiger partial charge in [-0.1, -0.05) is 6.07 Å². The summed E-state index contributed by atoms with van der Waals surface area (Å²) in [4.78, 5) is 20.5. The first-order chi connectivity index (χ1) is 13.2. The van der Waals surface area contributed by atoms with Gasteiger partial charge in [0.15, 0.2) is 0 Å². The molecule has 0 aliphatic carbocycles. The minimum Gasteiger partial charge on any atom is -0.351 e. The standard InChI is InChI=1S/C21H19N5S/c1-13-11-27-20-19(13)24-12-25-21(20)26-6-5-18-17(10-26)7-16(9-23-18)15-4-3-14(2)22-8-15/h3-4,7-9,11-12H,5-6,10H2,1-2H3. The van der Waals surface area contributed by atoms with Crippen molar-refractivity contribution in [3.05, 3.63) is 64.8 Å². The second kappa shape index (κ2) is 6.39. The molecule has 0 saturated heterocycles. The van der Waals surface area contributed by atoms with Gasteiger partial charge in [0.1, 0.15) is 12.1 Å². The third-order valence-corrected chi connectivity index (χ3v) is 6.18. The van der Waals surface area contributed by atoms with Crippen molar-refractivity contribution in [3.8, 4) is 11.1 Å². The average Bonchev–Trinajstić information content (AvgIpc) is 3.09. The Kier molecular flexibility index (Phi) is 3.86. The van der Waals surface area contributed by atoms with Gasteiger partial charge in [0.2, 0.25) is 0 Å². The summed E-state index contributed by atoms with van der Waals surface area (Å²) in [6.45, 7) is 5.85. The Bertz CT molecular complexity index is 1130.